The van der Waals surface area contributed by atoms with Crippen LogP contribution in [-0.2, 0) is 9.59 Å². The van der Waals surface area contributed by atoms with Crippen molar-refractivity contribution in [1.29, 1.82) is 0 Å². The molecular formula is C23H29N3O2. The molecule has 1 aromatic carbocycles. The Labute approximate surface area is 167 Å². The van der Waals surface area contributed by atoms with Crippen LogP contribution in [0.1, 0.15) is 56.1 Å². The lowest BCUT2D eigenvalue weighted by molar-refractivity contribution is -0.147. The first kappa shape index (κ1) is 20.2. The summed E-state index contributed by atoms with van der Waals surface area (Å²) in [6.07, 6.45) is 4.40. The van der Waals surface area contributed by atoms with Gasteiger partial charge in [0.15, 0.2) is 0 Å². The van der Waals surface area contributed by atoms with Crippen LogP contribution in [0.2, 0.25) is 0 Å². The molecule has 5 nitrogen and oxygen atoms in total. The predicted octanol–water partition coefficient (Wildman–Crippen LogP) is 4.08. The highest BCUT2D eigenvalue weighted by atomic mass is 16.2. The molecule has 1 aliphatic rings. The Bertz CT molecular complexity index is 878. The molecule has 0 unspecified atom stereocenters. The Morgan fingerprint density at radius 1 is 1.29 bits per heavy atom. The minimum absolute atomic E-state index is 0.111. The number of rotatable bonds is 5. The van der Waals surface area contributed by atoms with E-state index in [1.807, 2.05) is 33.0 Å². The molecule has 2 aromatic rings. The Kier molecular flexibility index (Phi) is 6.22. The first-order valence-electron chi connectivity index (χ1n) is 10.1. The van der Waals surface area contributed by atoms with Crippen LogP contribution in [0.4, 0.5) is 0 Å². The molecule has 0 radical (unpaired) electrons. The fourth-order valence-electron chi connectivity index (χ4n) is 3.77. The number of amides is 1. The normalized spacial score (nSPS) is 18.0. The van der Waals surface area contributed by atoms with Crippen molar-refractivity contribution in [3.8, 4) is 11.1 Å². The standard InChI is InChI=1S/C23H29N3O2/c1-5-16(3)22(27)23(28)26-11-7-10-19(14-26)21-20(13-24-17(4)25-21)18-9-6-8-15(2)12-18/h6,8-9,12-13,16,19H,5,7,10-11,14H2,1-4H3/t16-,19+/m0/s1. The molecule has 0 N–H and O–H groups in total. The average molecular weight is 380 g/mol. The first-order chi connectivity index (χ1) is 13.4. The van der Waals surface area contributed by atoms with E-state index in [2.05, 4.69) is 30.1 Å². The molecule has 1 aromatic heterocycles. The second-order valence-corrected chi connectivity index (χ2v) is 7.85. The molecule has 3 rings (SSSR count). The largest absolute Gasteiger partial charge is 0.335 e. The second-order valence-electron chi connectivity index (χ2n) is 7.85. The van der Waals surface area contributed by atoms with E-state index < -0.39 is 0 Å². The lowest BCUT2D eigenvalue weighted by atomic mass is 9.89. The number of likely N-dealkylation sites (tertiary alicyclic amines) is 1. The average Bonchev–Trinajstić information content (AvgIpc) is 2.72. The van der Waals surface area contributed by atoms with Crippen molar-refractivity contribution < 1.29 is 9.59 Å². The molecule has 148 valence electrons. The minimum Gasteiger partial charge on any atom is -0.335 e. The quantitative estimate of drug-likeness (QED) is 0.734. The Balaban J connectivity index is 1.90. The maximum absolute atomic E-state index is 12.7. The van der Waals surface area contributed by atoms with Gasteiger partial charge in [-0.15, -0.1) is 0 Å². The van der Waals surface area contributed by atoms with Gasteiger partial charge in [0.25, 0.3) is 5.91 Å². The number of carbonyl (C=O) groups is 2. The molecule has 0 bridgehead atoms. The van der Waals surface area contributed by atoms with E-state index in [9.17, 15) is 9.59 Å². The smallest absolute Gasteiger partial charge is 0.290 e. The lowest BCUT2D eigenvalue weighted by Crippen LogP contribution is -2.44. The Hall–Kier alpha value is -2.56. The summed E-state index contributed by atoms with van der Waals surface area (Å²) >= 11 is 0. The van der Waals surface area contributed by atoms with Crippen LogP contribution in [0.5, 0.6) is 0 Å². The third-order valence-electron chi connectivity index (χ3n) is 5.63. The van der Waals surface area contributed by atoms with Crippen LogP contribution >= 0.6 is 0 Å². The molecule has 1 aliphatic heterocycles. The number of benzene rings is 1. The van der Waals surface area contributed by atoms with Crippen molar-refractivity contribution in [3.63, 3.8) is 0 Å². The molecule has 1 amide bonds. The number of piperidine rings is 1. The lowest BCUT2D eigenvalue weighted by Gasteiger charge is -2.33. The highest BCUT2D eigenvalue weighted by molar-refractivity contribution is 6.36. The Morgan fingerprint density at radius 3 is 2.79 bits per heavy atom. The van der Waals surface area contributed by atoms with Crippen LogP contribution < -0.4 is 0 Å². The van der Waals surface area contributed by atoms with Gasteiger partial charge in [-0.1, -0.05) is 43.7 Å². The summed E-state index contributed by atoms with van der Waals surface area (Å²) in [5.41, 5.74) is 4.27. The highest BCUT2D eigenvalue weighted by Crippen LogP contribution is 2.33. The molecule has 1 fully saturated rings. The van der Waals surface area contributed by atoms with Crippen molar-refractivity contribution >= 4 is 11.7 Å². The topological polar surface area (TPSA) is 63.2 Å². The summed E-state index contributed by atoms with van der Waals surface area (Å²) in [6.45, 7) is 8.90. The van der Waals surface area contributed by atoms with E-state index >= 15 is 0 Å². The van der Waals surface area contributed by atoms with Gasteiger partial charge in [0.2, 0.25) is 5.78 Å². The third kappa shape index (κ3) is 4.29. The SMILES string of the molecule is CC[C@H](C)C(=O)C(=O)N1CCC[C@@H](c2nc(C)ncc2-c2cccc(C)c2)C1. The number of hydrogen-bond acceptors (Lipinski definition) is 4. The molecular weight excluding hydrogens is 350 g/mol. The number of Topliss-reactive ketones (excluding diaryl/α,β-unsaturated/α-hetero) is 1. The zero-order chi connectivity index (χ0) is 20.3. The van der Waals surface area contributed by atoms with E-state index in [4.69, 9.17) is 4.98 Å². The van der Waals surface area contributed by atoms with E-state index in [1.165, 1.54) is 5.56 Å². The predicted molar refractivity (Wildman–Crippen MR) is 110 cm³/mol. The highest BCUT2D eigenvalue weighted by Gasteiger charge is 2.32. The van der Waals surface area contributed by atoms with Gasteiger partial charge in [0.1, 0.15) is 5.82 Å². The third-order valence-corrected chi connectivity index (χ3v) is 5.63. The Morgan fingerprint density at radius 2 is 2.07 bits per heavy atom. The fraction of sp³-hybridized carbons (Fsp3) is 0.478. The van der Waals surface area contributed by atoms with E-state index in [0.29, 0.717) is 19.5 Å². The van der Waals surface area contributed by atoms with Gasteiger partial charge in [0, 0.05) is 36.7 Å². The van der Waals surface area contributed by atoms with Gasteiger partial charge >= 0.3 is 0 Å². The van der Waals surface area contributed by atoms with Gasteiger partial charge in [0.05, 0.1) is 5.69 Å². The zero-order valence-corrected chi connectivity index (χ0v) is 17.2. The molecule has 0 spiro atoms. The maximum atomic E-state index is 12.7. The number of nitrogens with zero attached hydrogens (tertiary/aromatic N) is 3. The first-order valence-corrected chi connectivity index (χ1v) is 10.1. The van der Waals surface area contributed by atoms with Gasteiger partial charge < -0.3 is 4.90 Å². The minimum atomic E-state index is -0.345. The van der Waals surface area contributed by atoms with E-state index in [0.717, 1.165) is 35.5 Å². The second kappa shape index (κ2) is 8.63. The van der Waals surface area contributed by atoms with Gasteiger partial charge in [-0.2, -0.15) is 0 Å². The van der Waals surface area contributed by atoms with Crippen LogP contribution in [0.15, 0.2) is 30.5 Å². The zero-order valence-electron chi connectivity index (χ0n) is 17.2. The number of aryl methyl sites for hydroxylation is 2. The summed E-state index contributed by atoms with van der Waals surface area (Å²) in [5.74, 6) is -0.00920. The fourth-order valence-corrected chi connectivity index (χ4v) is 3.77. The van der Waals surface area contributed by atoms with E-state index in [1.54, 1.807) is 4.90 Å². The van der Waals surface area contributed by atoms with Crippen molar-refractivity contribution in [3.05, 3.63) is 47.5 Å². The van der Waals surface area contributed by atoms with Crippen LogP contribution in [0, 0.1) is 19.8 Å². The number of aromatic nitrogens is 2. The summed E-state index contributed by atoms with van der Waals surface area (Å²) in [7, 11) is 0. The molecule has 1 saturated heterocycles. The molecule has 28 heavy (non-hydrogen) atoms. The molecule has 2 heterocycles. The van der Waals surface area contributed by atoms with Crippen molar-refractivity contribution in [2.75, 3.05) is 13.1 Å². The van der Waals surface area contributed by atoms with Crippen molar-refractivity contribution in [2.45, 2.75) is 52.9 Å². The van der Waals surface area contributed by atoms with E-state index in [-0.39, 0.29) is 23.5 Å². The molecule has 0 aliphatic carbocycles. The monoisotopic (exact) mass is 379 g/mol. The number of ketones is 1. The number of hydrogen-bond donors (Lipinski definition) is 0. The van der Waals surface area contributed by atoms with Crippen molar-refractivity contribution in [2.24, 2.45) is 5.92 Å². The van der Waals surface area contributed by atoms with Gasteiger partial charge in [-0.3, -0.25) is 9.59 Å². The van der Waals surface area contributed by atoms with Crippen LogP contribution in [0.3, 0.4) is 0 Å². The molecule has 2 atom stereocenters. The summed E-state index contributed by atoms with van der Waals surface area (Å²) in [4.78, 5) is 36.0. The van der Waals surface area contributed by atoms with Gasteiger partial charge in [-0.25, -0.2) is 9.97 Å². The van der Waals surface area contributed by atoms with Crippen molar-refractivity contribution in [1.82, 2.24) is 14.9 Å². The summed E-state index contributed by atoms with van der Waals surface area (Å²) in [6, 6.07) is 8.31. The summed E-state index contributed by atoms with van der Waals surface area (Å²) < 4.78 is 0. The maximum Gasteiger partial charge on any atom is 0.290 e. The van der Waals surface area contributed by atoms with Crippen LogP contribution in [-0.4, -0.2) is 39.6 Å². The molecule has 0 saturated carbocycles. The summed E-state index contributed by atoms with van der Waals surface area (Å²) in [5, 5.41) is 0. The number of carbonyl (C=O) groups excluding carboxylic acids is 2. The van der Waals surface area contributed by atoms with Gasteiger partial charge in [-0.05, 0) is 38.7 Å². The van der Waals surface area contributed by atoms with Crippen LogP contribution in [0.25, 0.3) is 11.1 Å². The molecule has 5 heteroatoms.